The number of carbonyl (C=O) groups excluding carboxylic acids is 1. The third-order valence-corrected chi connectivity index (χ3v) is 6.60. The fraction of sp³-hybridized carbons (Fsp3) is 0.345. The first-order valence-electron chi connectivity index (χ1n) is 12.6. The molecule has 0 radical (unpaired) electrons. The van der Waals surface area contributed by atoms with Gasteiger partial charge in [-0.25, -0.2) is 0 Å². The average Bonchev–Trinajstić information content (AvgIpc) is 3.42. The molecule has 0 aliphatic heterocycles. The summed E-state index contributed by atoms with van der Waals surface area (Å²) in [5, 5.41) is 8.13. The van der Waals surface area contributed by atoms with Crippen molar-refractivity contribution < 1.29 is 13.9 Å². The summed E-state index contributed by atoms with van der Waals surface area (Å²) >= 11 is 0. The average molecular weight is 504 g/mol. The molecule has 2 heterocycles. The molecule has 2 aromatic carbocycles. The first-order chi connectivity index (χ1) is 18.0. The molecule has 4 aromatic rings. The monoisotopic (exact) mass is 503 g/mol. The summed E-state index contributed by atoms with van der Waals surface area (Å²) in [6.45, 7) is 3.44. The predicted octanol–water partition coefficient (Wildman–Crippen LogP) is 5.52. The quantitative estimate of drug-likeness (QED) is 0.276. The number of hydrogen-bond acceptors (Lipinski definition) is 5. The first-order valence-corrected chi connectivity index (χ1v) is 12.6. The summed E-state index contributed by atoms with van der Waals surface area (Å²) in [7, 11) is 3.79. The largest absolute Gasteiger partial charge is 0.493 e. The van der Waals surface area contributed by atoms with Crippen LogP contribution in [0.15, 0.2) is 67.1 Å². The summed E-state index contributed by atoms with van der Waals surface area (Å²) in [6, 6.07) is 15.3. The molecule has 0 bridgehead atoms. The molecule has 1 amide bonds. The van der Waals surface area contributed by atoms with Crippen molar-refractivity contribution in [3.8, 4) is 16.9 Å². The molecular weight excluding hydrogens is 469 g/mol. The van der Waals surface area contributed by atoms with Gasteiger partial charge in [-0.05, 0) is 50.6 Å². The third kappa shape index (κ3) is 6.14. The maximum atomic E-state index is 13.8. The molecule has 0 aliphatic carbocycles. The molecule has 194 valence electrons. The third-order valence-electron chi connectivity index (χ3n) is 6.60. The van der Waals surface area contributed by atoms with Gasteiger partial charge in [0.1, 0.15) is 5.75 Å². The summed E-state index contributed by atoms with van der Waals surface area (Å²) in [5.41, 5.74) is 4.28. The minimum Gasteiger partial charge on any atom is -0.493 e. The van der Waals surface area contributed by atoms with Crippen LogP contribution >= 0.6 is 0 Å². The number of aromatic nitrogens is 3. The molecule has 0 aliphatic rings. The molecule has 8 heteroatoms. The smallest absolute Gasteiger partial charge is 0.254 e. The van der Waals surface area contributed by atoms with E-state index < -0.39 is 0 Å². The Kier molecular flexibility index (Phi) is 8.85. The molecule has 37 heavy (non-hydrogen) atoms. The molecule has 7 nitrogen and oxygen atoms in total. The van der Waals surface area contributed by atoms with E-state index >= 15 is 0 Å². The number of benzene rings is 2. The van der Waals surface area contributed by atoms with E-state index in [2.05, 4.69) is 20.1 Å². The zero-order valence-electron chi connectivity index (χ0n) is 21.7. The molecule has 2 aromatic heterocycles. The second-order valence-electron chi connectivity index (χ2n) is 9.14. The molecule has 0 saturated carbocycles. The Hall–Kier alpha value is -3.78. The number of ether oxygens (including phenoxy) is 1. The van der Waals surface area contributed by atoms with Gasteiger partial charge in [-0.1, -0.05) is 30.3 Å². The number of nitrogens with zero attached hydrogens (tertiary/aromatic N) is 4. The number of aromatic amines is 1. The first kappa shape index (κ1) is 26.3. The molecule has 1 atom stereocenters. The Bertz CT molecular complexity index is 1310. The van der Waals surface area contributed by atoms with Gasteiger partial charge in [0.25, 0.3) is 5.91 Å². The van der Waals surface area contributed by atoms with E-state index in [1.807, 2.05) is 69.6 Å². The van der Waals surface area contributed by atoms with Crippen molar-refractivity contribution in [2.45, 2.75) is 25.8 Å². The highest BCUT2D eigenvalue weighted by atomic mass is 19.1. The van der Waals surface area contributed by atoms with Gasteiger partial charge in [0, 0.05) is 54.6 Å². The van der Waals surface area contributed by atoms with E-state index in [1.54, 1.807) is 23.5 Å². The SMILES string of the molecule is CCOc1cc(C(=O)N(C)[C@H](CCN(C)CCCF)c2cncc3cn[nH]c23)ccc1-c1ccccc1. The van der Waals surface area contributed by atoms with Crippen molar-refractivity contribution in [3.63, 3.8) is 0 Å². The van der Waals surface area contributed by atoms with Gasteiger partial charge in [0.05, 0.1) is 31.0 Å². The van der Waals surface area contributed by atoms with Crippen LogP contribution in [-0.2, 0) is 0 Å². The van der Waals surface area contributed by atoms with E-state index in [1.165, 1.54) is 0 Å². The van der Waals surface area contributed by atoms with Crippen LogP contribution in [0.2, 0.25) is 0 Å². The Morgan fingerprint density at radius 2 is 1.89 bits per heavy atom. The number of nitrogens with one attached hydrogen (secondary N) is 1. The highest BCUT2D eigenvalue weighted by Crippen LogP contribution is 2.33. The lowest BCUT2D eigenvalue weighted by molar-refractivity contribution is 0.0714. The predicted molar refractivity (Wildman–Crippen MR) is 144 cm³/mol. The van der Waals surface area contributed by atoms with Crippen molar-refractivity contribution in [1.29, 1.82) is 0 Å². The van der Waals surface area contributed by atoms with Gasteiger partial charge in [0.2, 0.25) is 0 Å². The Morgan fingerprint density at radius 3 is 2.65 bits per heavy atom. The second kappa shape index (κ2) is 12.5. The summed E-state index contributed by atoms with van der Waals surface area (Å²) in [6.07, 6.45) is 6.42. The fourth-order valence-electron chi connectivity index (χ4n) is 4.61. The molecule has 0 unspecified atom stereocenters. The summed E-state index contributed by atoms with van der Waals surface area (Å²) < 4.78 is 18.6. The van der Waals surface area contributed by atoms with Gasteiger partial charge in [-0.15, -0.1) is 0 Å². The summed E-state index contributed by atoms with van der Waals surface area (Å²) in [5.74, 6) is 0.557. The van der Waals surface area contributed by atoms with Gasteiger partial charge >= 0.3 is 0 Å². The minimum absolute atomic E-state index is 0.117. The van der Waals surface area contributed by atoms with Crippen LogP contribution < -0.4 is 4.74 Å². The van der Waals surface area contributed by atoms with Crippen LogP contribution in [0.5, 0.6) is 5.75 Å². The van der Waals surface area contributed by atoms with Crippen LogP contribution in [0.3, 0.4) is 0 Å². The van der Waals surface area contributed by atoms with Crippen molar-refractivity contribution in [2.75, 3.05) is 40.5 Å². The fourth-order valence-corrected chi connectivity index (χ4v) is 4.61. The lowest BCUT2D eigenvalue weighted by Crippen LogP contribution is -2.34. The number of H-pyrrole nitrogens is 1. The molecule has 0 spiro atoms. The maximum Gasteiger partial charge on any atom is 0.254 e. The van der Waals surface area contributed by atoms with Crippen molar-refractivity contribution >= 4 is 16.8 Å². The number of halogens is 1. The molecule has 4 rings (SSSR count). The number of amides is 1. The standard InChI is InChI=1S/C29H34FN5O2/c1-4-37-27-17-22(11-12-24(27)21-9-6-5-7-10-21)29(36)35(3)26(13-16-34(2)15-8-14-30)25-20-31-18-23-19-32-33-28(23)25/h5-7,9-12,17-20,26H,4,8,13-16H2,1-3H3,(H,32,33)/t26-/m1/s1. The van der Waals surface area contributed by atoms with E-state index in [4.69, 9.17) is 4.74 Å². The zero-order valence-corrected chi connectivity index (χ0v) is 21.7. The number of fused-ring (bicyclic) bond motifs is 1. The highest BCUT2D eigenvalue weighted by molar-refractivity contribution is 5.96. The lowest BCUT2D eigenvalue weighted by Gasteiger charge is -2.30. The van der Waals surface area contributed by atoms with E-state index in [9.17, 15) is 9.18 Å². The zero-order chi connectivity index (χ0) is 26.2. The van der Waals surface area contributed by atoms with Gasteiger partial charge in [-0.3, -0.25) is 19.3 Å². The van der Waals surface area contributed by atoms with Crippen LogP contribution in [-0.4, -0.2) is 71.4 Å². The van der Waals surface area contributed by atoms with E-state index in [0.29, 0.717) is 43.9 Å². The van der Waals surface area contributed by atoms with E-state index in [0.717, 1.165) is 27.6 Å². The summed E-state index contributed by atoms with van der Waals surface area (Å²) in [4.78, 5) is 22.1. The molecule has 0 fully saturated rings. The number of alkyl halides is 1. The van der Waals surface area contributed by atoms with Crippen molar-refractivity contribution in [2.24, 2.45) is 0 Å². The van der Waals surface area contributed by atoms with Gasteiger partial charge < -0.3 is 14.5 Å². The number of pyridine rings is 1. The number of carbonyl (C=O) groups is 1. The second-order valence-corrected chi connectivity index (χ2v) is 9.14. The van der Waals surface area contributed by atoms with Crippen LogP contribution in [0.25, 0.3) is 22.0 Å². The lowest BCUT2D eigenvalue weighted by atomic mass is 9.99. The topological polar surface area (TPSA) is 74.3 Å². The van der Waals surface area contributed by atoms with Gasteiger partial charge in [-0.2, -0.15) is 5.10 Å². The maximum absolute atomic E-state index is 13.8. The Morgan fingerprint density at radius 1 is 1.08 bits per heavy atom. The van der Waals surface area contributed by atoms with Crippen molar-refractivity contribution in [1.82, 2.24) is 25.0 Å². The molecular formula is C29H34FN5O2. The Labute approximate surface area is 217 Å². The number of hydrogen-bond donors (Lipinski definition) is 1. The van der Waals surface area contributed by atoms with Crippen LogP contribution in [0.4, 0.5) is 4.39 Å². The normalized spacial score (nSPS) is 12.1. The van der Waals surface area contributed by atoms with E-state index in [-0.39, 0.29) is 18.6 Å². The van der Waals surface area contributed by atoms with Crippen LogP contribution in [0, 0.1) is 0 Å². The Balaban J connectivity index is 1.65. The highest BCUT2D eigenvalue weighted by Gasteiger charge is 2.26. The molecule has 0 saturated heterocycles. The van der Waals surface area contributed by atoms with Crippen LogP contribution in [0.1, 0.15) is 41.7 Å². The minimum atomic E-state index is -0.343. The van der Waals surface area contributed by atoms with Crippen molar-refractivity contribution in [3.05, 3.63) is 78.2 Å². The van der Waals surface area contributed by atoms with Gasteiger partial charge in [0.15, 0.2) is 0 Å². The number of rotatable bonds is 12. The molecule has 1 N–H and O–H groups in total.